The van der Waals surface area contributed by atoms with Gasteiger partial charge in [0.1, 0.15) is 11.6 Å². The summed E-state index contributed by atoms with van der Waals surface area (Å²) >= 11 is 2.39. The quantitative estimate of drug-likeness (QED) is 0.374. The molecule has 2 saturated heterocycles. The average Bonchev–Trinajstić information content (AvgIpc) is 3.47. The Morgan fingerprint density at radius 1 is 0.795 bits per heavy atom. The van der Waals surface area contributed by atoms with E-state index in [1.54, 1.807) is 13.0 Å². The molecule has 0 atom stereocenters. The second-order valence-corrected chi connectivity index (χ2v) is 10.3. The van der Waals surface area contributed by atoms with E-state index in [4.69, 9.17) is 4.74 Å². The number of rotatable bonds is 5. The van der Waals surface area contributed by atoms with Crippen LogP contribution in [0.1, 0.15) is 15.9 Å². The Morgan fingerprint density at radius 2 is 1.28 bits per heavy atom. The van der Waals surface area contributed by atoms with E-state index in [1.165, 1.54) is 95.0 Å². The number of hydrogen-bond acceptors (Lipinski definition) is 8. The predicted molar refractivity (Wildman–Crippen MR) is 149 cm³/mol. The smallest absolute Gasteiger partial charge is 0.340 e. The number of amidine groups is 2. The lowest BCUT2D eigenvalue weighted by Gasteiger charge is -2.26. The Morgan fingerprint density at radius 3 is 1.79 bits per heavy atom. The molecule has 0 N–H and O–H groups in total. The standard InChI is InChI=1S/C27H20F2N4O4S2/c1-15-21(32-22(34)13-38-26(32)30-18-7-3-16(28)4-8-18)12-11-20(25(36)37-2)24(15)33-23(35)14-39-27(33)31-19-9-5-17(29)6-10-19/h3-12H,13-14H2,1-2H3. The van der Waals surface area contributed by atoms with Crippen LogP contribution in [0.25, 0.3) is 0 Å². The minimum atomic E-state index is -0.673. The third kappa shape index (κ3) is 5.30. The van der Waals surface area contributed by atoms with Gasteiger partial charge in [0.05, 0.1) is 46.9 Å². The minimum absolute atomic E-state index is 0.0695. The molecule has 5 rings (SSSR count). The van der Waals surface area contributed by atoms with E-state index in [9.17, 15) is 23.2 Å². The molecule has 2 heterocycles. The molecule has 2 aliphatic rings. The summed E-state index contributed by atoms with van der Waals surface area (Å²) < 4.78 is 31.8. The minimum Gasteiger partial charge on any atom is -0.465 e. The van der Waals surface area contributed by atoms with E-state index in [0.717, 1.165) is 0 Å². The molecule has 198 valence electrons. The fraction of sp³-hybridized carbons (Fsp3) is 0.148. The SMILES string of the molecule is COC(=O)c1ccc(N2C(=O)CSC2=Nc2ccc(F)cc2)c(C)c1N1C(=O)CSC1=Nc1ccc(F)cc1. The summed E-state index contributed by atoms with van der Waals surface area (Å²) in [5.74, 6) is -1.88. The van der Waals surface area contributed by atoms with Gasteiger partial charge in [0.15, 0.2) is 10.3 Å². The molecule has 39 heavy (non-hydrogen) atoms. The van der Waals surface area contributed by atoms with Gasteiger partial charge in [-0.25, -0.2) is 23.6 Å². The Bertz CT molecular complexity index is 1540. The Balaban J connectivity index is 1.64. The molecule has 0 bridgehead atoms. The molecule has 3 aromatic carbocycles. The highest BCUT2D eigenvalue weighted by Gasteiger charge is 2.37. The number of thioether (sulfide) groups is 2. The molecule has 0 aromatic heterocycles. The Kier molecular flexibility index (Phi) is 7.49. The molecule has 2 amide bonds. The number of amides is 2. The number of anilines is 2. The van der Waals surface area contributed by atoms with Gasteiger partial charge in [0.2, 0.25) is 11.8 Å². The van der Waals surface area contributed by atoms with E-state index in [-0.39, 0.29) is 34.6 Å². The number of ether oxygens (including phenoxy) is 1. The number of nitrogens with zero attached hydrogens (tertiary/aromatic N) is 4. The number of aliphatic imine (C=N–C) groups is 2. The Hall–Kier alpha value is -4.03. The second kappa shape index (κ2) is 11.0. The third-order valence-electron chi connectivity index (χ3n) is 5.91. The highest BCUT2D eigenvalue weighted by Crippen LogP contribution is 2.40. The van der Waals surface area contributed by atoms with Crippen molar-refractivity contribution in [2.75, 3.05) is 28.4 Å². The van der Waals surface area contributed by atoms with E-state index in [0.29, 0.717) is 33.0 Å². The van der Waals surface area contributed by atoms with Crippen LogP contribution < -0.4 is 9.80 Å². The van der Waals surface area contributed by atoms with Gasteiger partial charge in [-0.2, -0.15) is 0 Å². The van der Waals surface area contributed by atoms with Gasteiger partial charge in [-0.1, -0.05) is 23.5 Å². The van der Waals surface area contributed by atoms with Crippen molar-refractivity contribution in [2.45, 2.75) is 6.92 Å². The van der Waals surface area contributed by atoms with Gasteiger partial charge in [0.25, 0.3) is 0 Å². The molecule has 2 aliphatic heterocycles. The normalized spacial score (nSPS) is 17.5. The lowest BCUT2D eigenvalue weighted by molar-refractivity contribution is -0.115. The summed E-state index contributed by atoms with van der Waals surface area (Å²) in [4.78, 5) is 50.8. The van der Waals surface area contributed by atoms with Crippen LogP contribution in [-0.2, 0) is 14.3 Å². The molecule has 0 aliphatic carbocycles. The number of carbonyl (C=O) groups excluding carboxylic acids is 3. The lowest BCUT2D eigenvalue weighted by atomic mass is 10.0. The molecule has 12 heteroatoms. The van der Waals surface area contributed by atoms with E-state index < -0.39 is 17.6 Å². The summed E-state index contributed by atoms with van der Waals surface area (Å²) in [7, 11) is 1.23. The van der Waals surface area contributed by atoms with Gasteiger partial charge in [-0.05, 0) is 73.2 Å². The average molecular weight is 567 g/mol. The molecule has 0 spiro atoms. The van der Waals surface area contributed by atoms with Crippen LogP contribution in [0.4, 0.5) is 31.5 Å². The maximum Gasteiger partial charge on any atom is 0.340 e. The van der Waals surface area contributed by atoms with Gasteiger partial charge in [-0.3, -0.25) is 19.4 Å². The molecule has 0 unspecified atom stereocenters. The first-order chi connectivity index (χ1) is 18.8. The second-order valence-electron chi connectivity index (χ2n) is 8.37. The van der Waals surface area contributed by atoms with Crippen molar-refractivity contribution in [3.63, 3.8) is 0 Å². The molecular weight excluding hydrogens is 546 g/mol. The van der Waals surface area contributed by atoms with Crippen molar-refractivity contribution in [1.82, 2.24) is 0 Å². The molecule has 8 nitrogen and oxygen atoms in total. The topological polar surface area (TPSA) is 91.6 Å². The van der Waals surface area contributed by atoms with Crippen LogP contribution in [0, 0.1) is 18.6 Å². The summed E-state index contributed by atoms with van der Waals surface area (Å²) in [6, 6.07) is 14.1. The van der Waals surface area contributed by atoms with Gasteiger partial charge < -0.3 is 4.74 Å². The van der Waals surface area contributed by atoms with E-state index >= 15 is 0 Å². The van der Waals surface area contributed by atoms with E-state index in [2.05, 4.69) is 9.98 Å². The van der Waals surface area contributed by atoms with Crippen LogP contribution in [0.5, 0.6) is 0 Å². The van der Waals surface area contributed by atoms with Crippen molar-refractivity contribution < 1.29 is 27.9 Å². The van der Waals surface area contributed by atoms with Crippen LogP contribution in [-0.4, -0.2) is 46.7 Å². The monoisotopic (exact) mass is 566 g/mol. The highest BCUT2D eigenvalue weighted by atomic mass is 32.2. The molecule has 0 radical (unpaired) electrons. The van der Waals surface area contributed by atoms with Crippen molar-refractivity contribution in [3.8, 4) is 0 Å². The van der Waals surface area contributed by atoms with Crippen molar-refractivity contribution in [1.29, 1.82) is 0 Å². The maximum absolute atomic E-state index is 13.4. The predicted octanol–water partition coefficient (Wildman–Crippen LogP) is 5.59. The lowest BCUT2D eigenvalue weighted by Crippen LogP contribution is -2.34. The van der Waals surface area contributed by atoms with E-state index in [1.807, 2.05) is 0 Å². The summed E-state index contributed by atoms with van der Waals surface area (Å²) in [6.45, 7) is 1.69. The number of methoxy groups -OCH3 is 1. The van der Waals surface area contributed by atoms with Gasteiger partial charge in [0, 0.05) is 0 Å². The third-order valence-corrected chi connectivity index (χ3v) is 7.75. The highest BCUT2D eigenvalue weighted by molar-refractivity contribution is 8.15. The van der Waals surface area contributed by atoms with Crippen LogP contribution in [0.3, 0.4) is 0 Å². The van der Waals surface area contributed by atoms with Crippen molar-refractivity contribution >= 4 is 74.4 Å². The number of hydrogen-bond donors (Lipinski definition) is 0. The Labute approximate surface area is 230 Å². The van der Waals surface area contributed by atoms with Crippen LogP contribution in [0.15, 0.2) is 70.6 Å². The zero-order chi connectivity index (χ0) is 27.7. The first-order valence-electron chi connectivity index (χ1n) is 11.6. The number of carbonyl (C=O) groups is 3. The fourth-order valence-corrected chi connectivity index (χ4v) is 5.85. The summed E-state index contributed by atoms with van der Waals surface area (Å²) in [5, 5.41) is 0.660. The molecule has 2 fully saturated rings. The molecular formula is C27H20F2N4O4S2. The fourth-order valence-electron chi connectivity index (χ4n) is 4.09. The van der Waals surface area contributed by atoms with Gasteiger partial charge >= 0.3 is 5.97 Å². The summed E-state index contributed by atoms with van der Waals surface area (Å²) in [6.07, 6.45) is 0. The zero-order valence-electron chi connectivity index (χ0n) is 20.7. The maximum atomic E-state index is 13.4. The number of halogens is 2. The molecule has 3 aromatic rings. The molecule has 0 saturated carbocycles. The number of benzene rings is 3. The largest absolute Gasteiger partial charge is 0.465 e. The first kappa shape index (κ1) is 26.6. The van der Waals surface area contributed by atoms with Crippen LogP contribution >= 0.6 is 23.5 Å². The van der Waals surface area contributed by atoms with Crippen molar-refractivity contribution in [2.24, 2.45) is 9.98 Å². The van der Waals surface area contributed by atoms with Crippen molar-refractivity contribution in [3.05, 3.63) is 83.4 Å². The zero-order valence-corrected chi connectivity index (χ0v) is 22.3. The summed E-state index contributed by atoms with van der Waals surface area (Å²) in [5.41, 5.74) is 2.08. The van der Waals surface area contributed by atoms with Gasteiger partial charge in [-0.15, -0.1) is 0 Å². The number of esters is 1. The first-order valence-corrected chi connectivity index (χ1v) is 13.6. The van der Waals surface area contributed by atoms with Crippen LogP contribution in [0.2, 0.25) is 0 Å².